The summed E-state index contributed by atoms with van der Waals surface area (Å²) in [6, 6.07) is 5.19. The number of nitrogens with one attached hydrogen (secondary N) is 1. The molecule has 1 amide bonds. The summed E-state index contributed by atoms with van der Waals surface area (Å²) in [4.78, 5) is 13.7. The summed E-state index contributed by atoms with van der Waals surface area (Å²) in [5, 5.41) is 3.16. The fraction of sp³-hybridized carbons (Fsp3) is 0.588. The van der Waals surface area contributed by atoms with Crippen molar-refractivity contribution >= 4 is 21.6 Å². The van der Waals surface area contributed by atoms with Gasteiger partial charge < -0.3 is 10.2 Å². The van der Waals surface area contributed by atoms with Gasteiger partial charge in [-0.1, -0.05) is 6.07 Å². The van der Waals surface area contributed by atoms with Crippen LogP contribution in [0.5, 0.6) is 0 Å². The molecule has 3 rings (SSSR count). The van der Waals surface area contributed by atoms with Crippen LogP contribution in [0, 0.1) is 5.92 Å². The summed E-state index contributed by atoms with van der Waals surface area (Å²) < 4.78 is 27.4. The highest BCUT2D eigenvalue weighted by atomic mass is 32.2. The highest BCUT2D eigenvalue weighted by Crippen LogP contribution is 2.32. The van der Waals surface area contributed by atoms with Crippen LogP contribution in [0.1, 0.15) is 25.3 Å². The zero-order valence-electron chi connectivity index (χ0n) is 14.3. The van der Waals surface area contributed by atoms with Crippen molar-refractivity contribution in [1.82, 2.24) is 9.62 Å². The van der Waals surface area contributed by atoms with E-state index in [9.17, 15) is 13.2 Å². The van der Waals surface area contributed by atoms with Crippen molar-refractivity contribution in [2.24, 2.45) is 5.92 Å². The van der Waals surface area contributed by atoms with Gasteiger partial charge in [-0.2, -0.15) is 4.31 Å². The summed E-state index contributed by atoms with van der Waals surface area (Å²) in [6.07, 6.45) is 2.54. The van der Waals surface area contributed by atoms with E-state index in [1.165, 1.54) is 6.92 Å². The molecule has 2 aliphatic rings. The number of hydrogen-bond acceptors (Lipinski definition) is 4. The summed E-state index contributed by atoms with van der Waals surface area (Å²) in [5.74, 6) is 0.492. The van der Waals surface area contributed by atoms with E-state index in [2.05, 4.69) is 5.32 Å². The largest absolute Gasteiger partial charge is 0.319 e. The summed E-state index contributed by atoms with van der Waals surface area (Å²) in [7, 11) is -1.57. The van der Waals surface area contributed by atoms with Crippen LogP contribution in [-0.4, -0.2) is 51.9 Å². The quantitative estimate of drug-likeness (QED) is 0.885. The Morgan fingerprint density at radius 2 is 1.96 bits per heavy atom. The molecule has 1 N–H and O–H groups in total. The number of amides is 1. The number of sulfonamides is 1. The van der Waals surface area contributed by atoms with E-state index < -0.39 is 10.0 Å². The number of rotatable bonds is 4. The molecular formula is C17H25N3O3S. The van der Waals surface area contributed by atoms with Crippen LogP contribution >= 0.6 is 0 Å². The van der Waals surface area contributed by atoms with Gasteiger partial charge in [0.05, 0.1) is 4.90 Å². The first-order valence-corrected chi connectivity index (χ1v) is 9.93. The number of hydrogen-bond donors (Lipinski definition) is 1. The van der Waals surface area contributed by atoms with E-state index >= 15 is 0 Å². The maximum Gasteiger partial charge on any atom is 0.243 e. The fourth-order valence-corrected chi connectivity index (χ4v) is 5.13. The Morgan fingerprint density at radius 3 is 2.58 bits per heavy atom. The van der Waals surface area contributed by atoms with Gasteiger partial charge in [0.15, 0.2) is 0 Å². The second kappa shape index (κ2) is 6.82. The van der Waals surface area contributed by atoms with Crippen LogP contribution in [0.25, 0.3) is 0 Å². The number of anilines is 1. The second-order valence-corrected chi connectivity index (χ2v) is 8.55. The molecule has 7 heteroatoms. The highest BCUT2D eigenvalue weighted by molar-refractivity contribution is 7.89. The molecule has 0 spiro atoms. The van der Waals surface area contributed by atoms with Crippen LogP contribution in [0.15, 0.2) is 23.1 Å². The number of carbonyl (C=O) groups is 1. The maximum atomic E-state index is 12.9. The maximum absolute atomic E-state index is 12.9. The lowest BCUT2D eigenvalue weighted by atomic mass is 9.98. The zero-order chi connectivity index (χ0) is 17.3. The summed E-state index contributed by atoms with van der Waals surface area (Å²) >= 11 is 0. The van der Waals surface area contributed by atoms with Crippen LogP contribution < -0.4 is 10.2 Å². The van der Waals surface area contributed by atoms with Gasteiger partial charge >= 0.3 is 0 Å². The zero-order valence-corrected chi connectivity index (χ0v) is 15.1. The number of piperidine rings is 1. The van der Waals surface area contributed by atoms with Crippen molar-refractivity contribution in [3.05, 3.63) is 23.8 Å². The predicted octanol–water partition coefficient (Wildman–Crippen LogP) is 1.22. The van der Waals surface area contributed by atoms with Gasteiger partial charge in [-0.25, -0.2) is 8.42 Å². The van der Waals surface area contributed by atoms with Crippen LogP contribution in [0.4, 0.5) is 5.69 Å². The minimum atomic E-state index is -3.50. The van der Waals surface area contributed by atoms with E-state index in [0.717, 1.165) is 37.1 Å². The number of carbonyl (C=O) groups excluding carboxylic acids is 1. The van der Waals surface area contributed by atoms with E-state index in [-0.39, 0.29) is 5.91 Å². The molecule has 0 unspecified atom stereocenters. The highest BCUT2D eigenvalue weighted by Gasteiger charge is 2.31. The van der Waals surface area contributed by atoms with E-state index in [4.69, 9.17) is 0 Å². The lowest BCUT2D eigenvalue weighted by molar-refractivity contribution is -0.116. The van der Waals surface area contributed by atoms with Crippen molar-refractivity contribution in [3.63, 3.8) is 0 Å². The Labute approximate surface area is 143 Å². The molecule has 0 aromatic heterocycles. The predicted molar refractivity (Wildman–Crippen MR) is 93.6 cm³/mol. The van der Waals surface area contributed by atoms with Crippen molar-refractivity contribution in [2.75, 3.05) is 38.1 Å². The Balaban J connectivity index is 1.81. The first-order chi connectivity index (χ1) is 11.4. The molecule has 0 atom stereocenters. The molecule has 2 heterocycles. The molecule has 0 aliphatic carbocycles. The topological polar surface area (TPSA) is 69.7 Å². The van der Waals surface area contributed by atoms with Gasteiger partial charge in [-0.15, -0.1) is 0 Å². The lowest BCUT2D eigenvalue weighted by Crippen LogP contribution is -2.40. The number of nitrogens with zero attached hydrogens (tertiary/aromatic N) is 2. The molecule has 0 bridgehead atoms. The molecule has 1 saturated heterocycles. The van der Waals surface area contributed by atoms with Gasteiger partial charge in [0.1, 0.15) is 0 Å². The third-order valence-electron chi connectivity index (χ3n) is 5.04. The van der Waals surface area contributed by atoms with Gasteiger partial charge in [0.2, 0.25) is 15.9 Å². The van der Waals surface area contributed by atoms with Crippen molar-refractivity contribution in [2.45, 2.75) is 31.1 Å². The van der Waals surface area contributed by atoms with Gasteiger partial charge in [-0.05, 0) is 56.5 Å². The van der Waals surface area contributed by atoms with E-state index in [0.29, 0.717) is 30.4 Å². The van der Waals surface area contributed by atoms with Gasteiger partial charge in [0.25, 0.3) is 0 Å². The second-order valence-electron chi connectivity index (χ2n) is 6.62. The Morgan fingerprint density at radius 1 is 1.25 bits per heavy atom. The molecular weight excluding hydrogens is 326 g/mol. The van der Waals surface area contributed by atoms with Crippen LogP contribution in [0.2, 0.25) is 0 Å². The third kappa shape index (κ3) is 3.20. The van der Waals surface area contributed by atoms with Crippen molar-refractivity contribution < 1.29 is 13.2 Å². The molecule has 6 nitrogen and oxygen atoms in total. The minimum Gasteiger partial charge on any atom is -0.319 e. The average Bonchev–Trinajstić information content (AvgIpc) is 2.99. The molecule has 1 aromatic rings. The van der Waals surface area contributed by atoms with E-state index in [1.807, 2.05) is 13.1 Å². The number of benzene rings is 1. The molecule has 132 valence electrons. The summed E-state index contributed by atoms with van der Waals surface area (Å²) in [5.41, 5.74) is 1.78. The molecule has 1 aromatic carbocycles. The average molecular weight is 351 g/mol. The molecule has 24 heavy (non-hydrogen) atoms. The van der Waals surface area contributed by atoms with Crippen molar-refractivity contribution in [1.29, 1.82) is 0 Å². The minimum absolute atomic E-state index is 0.0452. The third-order valence-corrected chi connectivity index (χ3v) is 6.93. The normalized spacial score (nSPS) is 19.5. The molecule has 2 aliphatic heterocycles. The van der Waals surface area contributed by atoms with Crippen LogP contribution in [0.3, 0.4) is 0 Å². The first kappa shape index (κ1) is 17.4. The summed E-state index contributed by atoms with van der Waals surface area (Å²) in [6.45, 7) is 4.19. The monoisotopic (exact) mass is 351 g/mol. The first-order valence-electron chi connectivity index (χ1n) is 8.49. The number of fused-ring (bicyclic) bond motifs is 1. The van der Waals surface area contributed by atoms with Crippen molar-refractivity contribution in [3.8, 4) is 0 Å². The fourth-order valence-electron chi connectivity index (χ4n) is 3.64. The molecule has 0 radical (unpaired) electrons. The Kier molecular flexibility index (Phi) is 4.94. The van der Waals surface area contributed by atoms with Gasteiger partial charge in [0, 0.05) is 32.2 Å². The standard InChI is InChI=1S/C17H25N3O3S/c1-13(21)20-10-7-15-3-4-16(11-17(15)20)24(22,23)19-8-5-14(6-9-19)12-18-2/h3-4,11,14,18H,5-10,12H2,1-2H3. The Hall–Kier alpha value is -1.44. The Bertz CT molecular complexity index is 725. The lowest BCUT2D eigenvalue weighted by Gasteiger charge is -2.31. The van der Waals surface area contributed by atoms with Crippen LogP contribution in [-0.2, 0) is 21.2 Å². The molecule has 0 saturated carbocycles. The SMILES string of the molecule is CNCC1CCN(S(=O)(=O)c2ccc3c(c2)N(C(C)=O)CC3)CC1. The van der Waals surface area contributed by atoms with Gasteiger partial charge in [-0.3, -0.25) is 4.79 Å². The van der Waals surface area contributed by atoms with E-state index in [1.54, 1.807) is 21.3 Å². The smallest absolute Gasteiger partial charge is 0.243 e. The molecule has 1 fully saturated rings.